The molecule has 1 aromatic heterocycles. The molecule has 1 saturated carbocycles. The lowest BCUT2D eigenvalue weighted by Crippen LogP contribution is -2.32. The van der Waals surface area contributed by atoms with E-state index in [9.17, 15) is 14.7 Å². The molecule has 4 rings (SSSR count). The summed E-state index contributed by atoms with van der Waals surface area (Å²) < 4.78 is 5.75. The Balaban J connectivity index is 1.50. The third kappa shape index (κ3) is 4.06. The molecule has 0 bridgehead atoms. The van der Waals surface area contributed by atoms with Crippen LogP contribution in [0.25, 0.3) is 0 Å². The second kappa shape index (κ2) is 7.59. The predicted molar refractivity (Wildman–Crippen MR) is 102 cm³/mol. The number of nitrogens with zero attached hydrogens (tertiary/aromatic N) is 3. The van der Waals surface area contributed by atoms with Crippen LogP contribution in [0.15, 0.2) is 58.8 Å². The molecule has 2 aliphatic rings. The molecule has 1 fully saturated rings. The Morgan fingerprint density at radius 2 is 1.93 bits per heavy atom. The number of hydrogen-bond donors (Lipinski definition) is 2. The van der Waals surface area contributed by atoms with Gasteiger partial charge in [0.15, 0.2) is 12.1 Å². The summed E-state index contributed by atoms with van der Waals surface area (Å²) >= 11 is 0. The maximum Gasteiger partial charge on any atom is 0.321 e. The maximum absolute atomic E-state index is 11.8. The average Bonchev–Trinajstić information content (AvgIpc) is 3.55. The minimum atomic E-state index is -1.10. The zero-order chi connectivity index (χ0) is 19.5. The lowest BCUT2D eigenvalue weighted by atomic mass is 10.1. The number of hydrogen-bond acceptors (Lipinski definition) is 6. The fourth-order valence-corrected chi connectivity index (χ4v) is 2.73. The van der Waals surface area contributed by atoms with Crippen LogP contribution in [0.5, 0.6) is 5.75 Å². The van der Waals surface area contributed by atoms with Gasteiger partial charge in [0.2, 0.25) is 11.8 Å². The first-order valence-electron chi connectivity index (χ1n) is 8.92. The zero-order valence-electron chi connectivity index (χ0n) is 14.9. The molecule has 8 nitrogen and oxygen atoms in total. The van der Waals surface area contributed by atoms with E-state index in [-0.39, 0.29) is 17.7 Å². The molecule has 2 atom stereocenters. The monoisotopic (exact) mass is 378 g/mol. The fraction of sp³-hybridized carbons (Fsp3) is 0.250. The van der Waals surface area contributed by atoms with Crippen LogP contribution in [0.1, 0.15) is 24.6 Å². The molecule has 142 valence electrons. The molecule has 0 saturated heterocycles. The molecule has 0 radical (unpaired) electrons. The number of carbonyl (C=O) groups excluding carboxylic acids is 1. The smallest absolute Gasteiger partial charge is 0.321 e. The third-order valence-corrected chi connectivity index (χ3v) is 4.43. The van der Waals surface area contributed by atoms with Crippen LogP contribution in [-0.4, -0.2) is 34.1 Å². The Morgan fingerprint density at radius 3 is 2.57 bits per heavy atom. The second-order valence-corrected chi connectivity index (χ2v) is 6.63. The lowest BCUT2D eigenvalue weighted by molar-refractivity contribution is -0.137. The van der Waals surface area contributed by atoms with Gasteiger partial charge < -0.3 is 15.2 Å². The Hall–Kier alpha value is -3.55. The second-order valence-electron chi connectivity index (χ2n) is 6.63. The van der Waals surface area contributed by atoms with Crippen molar-refractivity contribution in [3.05, 3.63) is 54.4 Å². The molecule has 28 heavy (non-hydrogen) atoms. The van der Waals surface area contributed by atoms with Crippen molar-refractivity contribution >= 4 is 29.7 Å². The summed E-state index contributed by atoms with van der Waals surface area (Å²) in [7, 11) is 0. The quantitative estimate of drug-likeness (QED) is 0.830. The van der Waals surface area contributed by atoms with Gasteiger partial charge in [0.1, 0.15) is 5.75 Å². The van der Waals surface area contributed by atoms with Gasteiger partial charge in [-0.2, -0.15) is 0 Å². The molecule has 1 aliphatic carbocycles. The van der Waals surface area contributed by atoms with Gasteiger partial charge in [0.05, 0.1) is 0 Å². The van der Waals surface area contributed by atoms with Crippen LogP contribution in [0.4, 0.5) is 5.69 Å². The molecule has 0 spiro atoms. The highest BCUT2D eigenvalue weighted by atomic mass is 16.5. The summed E-state index contributed by atoms with van der Waals surface area (Å²) in [6.45, 7) is 0. The Bertz CT molecular complexity index is 936. The van der Waals surface area contributed by atoms with Crippen molar-refractivity contribution in [3.8, 4) is 5.75 Å². The van der Waals surface area contributed by atoms with Gasteiger partial charge in [-0.05, 0) is 43.2 Å². The van der Waals surface area contributed by atoms with Gasteiger partial charge in [-0.1, -0.05) is 6.07 Å². The number of aromatic nitrogens is 1. The van der Waals surface area contributed by atoms with E-state index in [1.807, 2.05) is 6.07 Å². The maximum atomic E-state index is 11.8. The van der Waals surface area contributed by atoms with E-state index < -0.39 is 18.1 Å². The molecule has 2 unspecified atom stereocenters. The van der Waals surface area contributed by atoms with E-state index in [0.29, 0.717) is 11.4 Å². The van der Waals surface area contributed by atoms with Crippen LogP contribution >= 0.6 is 0 Å². The molecule has 8 heteroatoms. The SMILES string of the molecule is O=C(Nc1ccc(OC2=NC(c3cccnc3)N=CC2C(=O)O)cc1)C1CC1. The van der Waals surface area contributed by atoms with Gasteiger partial charge >= 0.3 is 5.97 Å². The number of nitrogens with one attached hydrogen (secondary N) is 1. The van der Waals surface area contributed by atoms with E-state index in [2.05, 4.69) is 20.3 Å². The van der Waals surface area contributed by atoms with E-state index in [1.54, 1.807) is 42.7 Å². The number of carboxylic acid groups (broad SMARTS) is 1. The van der Waals surface area contributed by atoms with Crippen molar-refractivity contribution in [1.29, 1.82) is 0 Å². The van der Waals surface area contributed by atoms with E-state index in [0.717, 1.165) is 18.4 Å². The van der Waals surface area contributed by atoms with Crippen molar-refractivity contribution in [2.24, 2.45) is 21.8 Å². The van der Waals surface area contributed by atoms with Gasteiger partial charge in [-0.15, -0.1) is 0 Å². The topological polar surface area (TPSA) is 113 Å². The summed E-state index contributed by atoms with van der Waals surface area (Å²) in [5.41, 5.74) is 1.40. The highest BCUT2D eigenvalue weighted by Crippen LogP contribution is 2.30. The predicted octanol–water partition coefficient (Wildman–Crippen LogP) is 2.69. The van der Waals surface area contributed by atoms with Crippen LogP contribution in [-0.2, 0) is 9.59 Å². The normalized spacial score (nSPS) is 20.9. The molecule has 2 heterocycles. The summed E-state index contributed by atoms with van der Waals surface area (Å²) in [6, 6.07) is 10.3. The molecule has 1 amide bonds. The summed E-state index contributed by atoms with van der Waals surface area (Å²) in [5.74, 6) is -1.55. The van der Waals surface area contributed by atoms with Crippen molar-refractivity contribution in [3.63, 3.8) is 0 Å². The van der Waals surface area contributed by atoms with Crippen molar-refractivity contribution in [2.45, 2.75) is 19.0 Å². The van der Waals surface area contributed by atoms with Crippen molar-refractivity contribution < 1.29 is 19.4 Å². The number of rotatable bonds is 5. The van der Waals surface area contributed by atoms with E-state index in [1.165, 1.54) is 6.21 Å². The first kappa shape index (κ1) is 17.8. The largest absolute Gasteiger partial charge is 0.480 e. The first-order valence-corrected chi connectivity index (χ1v) is 8.92. The standard InChI is InChI=1S/C20H18N4O4/c25-18(12-3-4-12)23-14-5-7-15(8-6-14)28-19-16(20(26)27)11-22-17(24-19)13-2-1-9-21-10-13/h1-2,5-12,16-17H,3-4H2,(H,23,25)(H,26,27). The number of amides is 1. The molecule has 1 aromatic carbocycles. The number of carboxylic acids is 1. The van der Waals surface area contributed by atoms with Gasteiger partial charge in [0, 0.05) is 35.8 Å². The molecular weight excluding hydrogens is 360 g/mol. The van der Waals surface area contributed by atoms with E-state index in [4.69, 9.17) is 4.74 Å². The number of aliphatic imine (C=N–C) groups is 2. The number of benzene rings is 1. The van der Waals surface area contributed by atoms with Crippen LogP contribution in [0.2, 0.25) is 0 Å². The third-order valence-electron chi connectivity index (χ3n) is 4.43. The number of ether oxygens (including phenoxy) is 1. The fourth-order valence-electron chi connectivity index (χ4n) is 2.73. The average molecular weight is 378 g/mol. The van der Waals surface area contributed by atoms with E-state index >= 15 is 0 Å². The highest BCUT2D eigenvalue weighted by Gasteiger charge is 2.30. The minimum absolute atomic E-state index is 0.0202. The van der Waals surface area contributed by atoms with Gasteiger partial charge in [-0.25, -0.2) is 4.99 Å². The Morgan fingerprint density at radius 1 is 1.14 bits per heavy atom. The number of aliphatic carboxylic acids is 1. The van der Waals surface area contributed by atoms with Gasteiger partial charge in [-0.3, -0.25) is 19.6 Å². The van der Waals surface area contributed by atoms with Gasteiger partial charge in [0.25, 0.3) is 0 Å². The van der Waals surface area contributed by atoms with Crippen LogP contribution in [0.3, 0.4) is 0 Å². The molecule has 1 aliphatic heterocycles. The number of carbonyl (C=O) groups is 2. The van der Waals surface area contributed by atoms with Crippen LogP contribution in [0, 0.1) is 11.8 Å². The highest BCUT2D eigenvalue weighted by molar-refractivity contribution is 6.12. The zero-order valence-corrected chi connectivity index (χ0v) is 14.9. The number of pyridine rings is 1. The molecule has 2 aromatic rings. The Labute approximate surface area is 161 Å². The minimum Gasteiger partial charge on any atom is -0.480 e. The summed E-state index contributed by atoms with van der Waals surface area (Å²) in [5, 5.41) is 12.3. The number of anilines is 1. The first-order chi connectivity index (χ1) is 13.6. The van der Waals surface area contributed by atoms with Crippen LogP contribution < -0.4 is 10.1 Å². The lowest BCUT2D eigenvalue weighted by Gasteiger charge is -2.20. The summed E-state index contributed by atoms with van der Waals surface area (Å²) in [6.07, 6.45) is 5.86. The molecule has 2 N–H and O–H groups in total. The van der Waals surface area contributed by atoms with Crippen molar-refractivity contribution in [2.75, 3.05) is 5.32 Å². The summed E-state index contributed by atoms with van der Waals surface area (Å²) in [4.78, 5) is 35.9. The molecular formula is C20H18N4O4. The Kier molecular flexibility index (Phi) is 4.84. The van der Waals surface area contributed by atoms with Crippen molar-refractivity contribution in [1.82, 2.24) is 4.98 Å².